The molecule has 1 aliphatic heterocycles. The molecule has 3 heterocycles. The maximum atomic E-state index is 5.02. The monoisotopic (exact) mass is 362 g/mol. The highest BCUT2D eigenvalue weighted by molar-refractivity contribution is 6.15. The molecule has 4 heteroatoms. The summed E-state index contributed by atoms with van der Waals surface area (Å²) in [6, 6.07) is 20.9. The van der Waals surface area contributed by atoms with E-state index in [0.29, 0.717) is 0 Å². The zero-order valence-corrected chi connectivity index (χ0v) is 15.7. The van der Waals surface area contributed by atoms with Crippen molar-refractivity contribution in [2.75, 3.05) is 0 Å². The van der Waals surface area contributed by atoms with Gasteiger partial charge in [-0.15, -0.1) is 0 Å². The van der Waals surface area contributed by atoms with Crippen LogP contribution in [0.25, 0.3) is 27.3 Å². The zero-order valence-electron chi connectivity index (χ0n) is 15.7. The number of hydrogen-bond donors (Lipinski definition) is 0. The number of hydrogen-bond acceptors (Lipinski definition) is 3. The van der Waals surface area contributed by atoms with E-state index in [0.717, 1.165) is 33.5 Å². The van der Waals surface area contributed by atoms with Gasteiger partial charge in [0.25, 0.3) is 0 Å². The van der Waals surface area contributed by atoms with Crippen LogP contribution >= 0.6 is 0 Å². The Kier molecular flexibility index (Phi) is 2.91. The first-order valence-corrected chi connectivity index (χ1v) is 9.48. The Balaban J connectivity index is 1.56. The molecule has 1 aliphatic rings. The fraction of sp³-hybridized carbons (Fsp3) is 0.125. The van der Waals surface area contributed by atoms with E-state index in [1.54, 1.807) is 0 Å². The molecule has 3 aromatic carbocycles. The second kappa shape index (κ2) is 5.26. The van der Waals surface area contributed by atoms with E-state index in [1.165, 1.54) is 16.3 Å². The SMILES string of the molecule is CC1(C)C(c2cnc3c4ccccc4nn3c2)=Nc2ccc3ccccc3c21. The Morgan fingerprint density at radius 2 is 1.64 bits per heavy atom. The van der Waals surface area contributed by atoms with Gasteiger partial charge >= 0.3 is 0 Å². The maximum Gasteiger partial charge on any atom is 0.162 e. The van der Waals surface area contributed by atoms with Crippen molar-refractivity contribution < 1.29 is 0 Å². The van der Waals surface area contributed by atoms with Gasteiger partial charge in [0, 0.05) is 28.8 Å². The first-order chi connectivity index (χ1) is 13.6. The molecule has 0 aliphatic carbocycles. The summed E-state index contributed by atoms with van der Waals surface area (Å²) >= 11 is 0. The standard InChI is InChI=1S/C24H18N4/c1-24(2)21-17-8-4-3-7-15(17)11-12-20(21)26-22(24)16-13-25-23-18-9-5-6-10-19(18)27-28(23)14-16/h3-14H,1-2H3. The number of benzene rings is 3. The van der Waals surface area contributed by atoms with E-state index >= 15 is 0 Å². The molecule has 6 rings (SSSR count). The molecule has 5 aromatic rings. The highest BCUT2D eigenvalue weighted by atomic mass is 15.2. The average molecular weight is 362 g/mol. The Bertz CT molecular complexity index is 1440. The summed E-state index contributed by atoms with van der Waals surface area (Å²) in [6.07, 6.45) is 3.98. The summed E-state index contributed by atoms with van der Waals surface area (Å²) in [7, 11) is 0. The van der Waals surface area contributed by atoms with E-state index in [4.69, 9.17) is 15.1 Å². The highest BCUT2D eigenvalue weighted by Gasteiger charge is 2.37. The van der Waals surface area contributed by atoms with E-state index in [9.17, 15) is 0 Å². The van der Waals surface area contributed by atoms with Crippen molar-refractivity contribution in [2.45, 2.75) is 19.3 Å². The lowest BCUT2D eigenvalue weighted by atomic mass is 9.77. The van der Waals surface area contributed by atoms with E-state index in [-0.39, 0.29) is 5.41 Å². The van der Waals surface area contributed by atoms with Crippen LogP contribution in [0.1, 0.15) is 25.0 Å². The molecule has 0 saturated carbocycles. The van der Waals surface area contributed by atoms with Crippen molar-refractivity contribution in [1.29, 1.82) is 0 Å². The average Bonchev–Trinajstić information content (AvgIpc) is 3.22. The van der Waals surface area contributed by atoms with Gasteiger partial charge in [-0.25, -0.2) is 9.50 Å². The van der Waals surface area contributed by atoms with Gasteiger partial charge in [-0.1, -0.05) is 56.3 Å². The topological polar surface area (TPSA) is 42.5 Å². The van der Waals surface area contributed by atoms with Crippen LogP contribution in [0.15, 0.2) is 78.0 Å². The molecule has 0 atom stereocenters. The Hall–Kier alpha value is -3.53. The quantitative estimate of drug-likeness (QED) is 0.398. The fourth-order valence-electron chi connectivity index (χ4n) is 4.49. The number of fused-ring (bicyclic) bond motifs is 6. The molecule has 2 aromatic heterocycles. The number of aromatic nitrogens is 3. The molecule has 28 heavy (non-hydrogen) atoms. The Morgan fingerprint density at radius 3 is 2.54 bits per heavy atom. The van der Waals surface area contributed by atoms with Crippen LogP contribution in [0.3, 0.4) is 0 Å². The maximum absolute atomic E-state index is 5.02. The summed E-state index contributed by atoms with van der Waals surface area (Å²) in [4.78, 5) is 9.75. The molecule has 0 saturated heterocycles. The van der Waals surface area contributed by atoms with Crippen molar-refractivity contribution >= 4 is 38.7 Å². The minimum atomic E-state index is -0.210. The van der Waals surface area contributed by atoms with Gasteiger partial charge in [-0.3, -0.25) is 4.99 Å². The van der Waals surface area contributed by atoms with Gasteiger partial charge in [-0.2, -0.15) is 5.10 Å². The third-order valence-corrected chi connectivity index (χ3v) is 5.79. The number of aliphatic imine (C=N–C) groups is 1. The van der Waals surface area contributed by atoms with Crippen molar-refractivity contribution in [2.24, 2.45) is 4.99 Å². The largest absolute Gasteiger partial charge is 0.251 e. The number of rotatable bonds is 1. The van der Waals surface area contributed by atoms with Gasteiger partial charge in [0.2, 0.25) is 0 Å². The summed E-state index contributed by atoms with van der Waals surface area (Å²) < 4.78 is 1.87. The smallest absolute Gasteiger partial charge is 0.162 e. The lowest BCUT2D eigenvalue weighted by molar-refractivity contribution is 0.743. The molecule has 0 amide bonds. The lowest BCUT2D eigenvalue weighted by Gasteiger charge is -2.23. The van der Waals surface area contributed by atoms with E-state index in [1.807, 2.05) is 28.9 Å². The third-order valence-electron chi connectivity index (χ3n) is 5.79. The third kappa shape index (κ3) is 1.97. The molecule has 0 bridgehead atoms. The van der Waals surface area contributed by atoms with Crippen molar-refractivity contribution in [1.82, 2.24) is 14.6 Å². The molecule has 134 valence electrons. The molecule has 0 spiro atoms. The zero-order chi connectivity index (χ0) is 18.9. The molecule has 0 fully saturated rings. The van der Waals surface area contributed by atoms with Crippen LogP contribution in [0.4, 0.5) is 5.69 Å². The summed E-state index contributed by atoms with van der Waals surface area (Å²) in [5.41, 5.74) is 5.99. The Labute approximate surface area is 162 Å². The molecule has 0 radical (unpaired) electrons. The Morgan fingerprint density at radius 1 is 0.857 bits per heavy atom. The fourth-order valence-corrected chi connectivity index (χ4v) is 4.49. The molecular weight excluding hydrogens is 344 g/mol. The van der Waals surface area contributed by atoms with E-state index in [2.05, 4.69) is 62.5 Å². The molecule has 0 unspecified atom stereocenters. The lowest BCUT2D eigenvalue weighted by Crippen LogP contribution is -2.27. The van der Waals surface area contributed by atoms with Crippen molar-refractivity contribution in [3.63, 3.8) is 0 Å². The predicted molar refractivity (Wildman–Crippen MR) is 114 cm³/mol. The minimum absolute atomic E-state index is 0.210. The highest BCUT2D eigenvalue weighted by Crippen LogP contribution is 2.45. The van der Waals surface area contributed by atoms with Crippen LogP contribution in [0.2, 0.25) is 0 Å². The summed E-state index contributed by atoms with van der Waals surface area (Å²) in [5, 5.41) is 8.27. The second-order valence-corrected chi connectivity index (χ2v) is 7.89. The summed E-state index contributed by atoms with van der Waals surface area (Å²) in [6.45, 7) is 4.49. The van der Waals surface area contributed by atoms with Crippen LogP contribution < -0.4 is 0 Å². The molecule has 4 nitrogen and oxygen atoms in total. The van der Waals surface area contributed by atoms with Crippen LogP contribution in [0, 0.1) is 0 Å². The first kappa shape index (κ1) is 15.5. The van der Waals surface area contributed by atoms with Gasteiger partial charge < -0.3 is 0 Å². The van der Waals surface area contributed by atoms with Gasteiger partial charge in [0.05, 0.1) is 16.9 Å². The number of nitrogens with zero attached hydrogens (tertiary/aromatic N) is 4. The van der Waals surface area contributed by atoms with E-state index < -0.39 is 0 Å². The minimum Gasteiger partial charge on any atom is -0.251 e. The van der Waals surface area contributed by atoms with Crippen LogP contribution in [-0.2, 0) is 5.41 Å². The molecule has 0 N–H and O–H groups in total. The normalized spacial score (nSPS) is 15.3. The second-order valence-electron chi connectivity index (χ2n) is 7.89. The van der Waals surface area contributed by atoms with Crippen LogP contribution in [0.5, 0.6) is 0 Å². The van der Waals surface area contributed by atoms with Gasteiger partial charge in [-0.05, 0) is 34.5 Å². The van der Waals surface area contributed by atoms with Gasteiger partial charge in [0.1, 0.15) is 0 Å². The first-order valence-electron chi connectivity index (χ1n) is 9.48. The van der Waals surface area contributed by atoms with Crippen LogP contribution in [-0.4, -0.2) is 20.3 Å². The van der Waals surface area contributed by atoms with Crippen molar-refractivity contribution in [3.05, 3.63) is 84.2 Å². The molecular formula is C24H18N4. The summed E-state index contributed by atoms with van der Waals surface area (Å²) in [5.74, 6) is 0. The van der Waals surface area contributed by atoms with Gasteiger partial charge in [0.15, 0.2) is 5.65 Å². The predicted octanol–water partition coefficient (Wildman–Crippen LogP) is 5.45. The van der Waals surface area contributed by atoms with Crippen molar-refractivity contribution in [3.8, 4) is 0 Å².